The monoisotopic (exact) mass is 331 g/mol. The number of nitrogens with zero attached hydrogens (tertiary/aromatic N) is 2. The van der Waals surface area contributed by atoms with E-state index < -0.39 is 43.7 Å². The minimum atomic E-state index is -0.932. The zero-order chi connectivity index (χ0) is 16.9. The number of hydrogen-bond acceptors (Lipinski definition) is 7. The average Bonchev–Trinajstić information content (AvgIpc) is 2.45. The second kappa shape index (κ2) is 7.31. The van der Waals surface area contributed by atoms with Crippen molar-refractivity contribution in [3.63, 3.8) is 0 Å². The number of methoxy groups -OCH3 is 1. The van der Waals surface area contributed by atoms with Gasteiger partial charge in [0.1, 0.15) is 10.6 Å². The number of rotatable bonds is 6. The van der Waals surface area contributed by atoms with Crippen molar-refractivity contribution in [1.82, 2.24) is 5.32 Å². The van der Waals surface area contributed by atoms with Crippen LogP contribution in [0.15, 0.2) is 12.1 Å². The Hall–Kier alpha value is -2.75. The zero-order valence-electron chi connectivity index (χ0n) is 11.2. The highest BCUT2D eigenvalue weighted by Crippen LogP contribution is 2.32. The van der Waals surface area contributed by atoms with Gasteiger partial charge >= 0.3 is 5.97 Å². The number of ether oxygens (including phenoxy) is 1. The van der Waals surface area contributed by atoms with Gasteiger partial charge in [0, 0.05) is 6.54 Å². The molecule has 1 N–H and O–H groups in total. The van der Waals surface area contributed by atoms with Crippen molar-refractivity contribution in [2.45, 2.75) is 6.42 Å². The molecule has 0 aromatic heterocycles. The molecule has 22 heavy (non-hydrogen) atoms. The average molecular weight is 332 g/mol. The van der Waals surface area contributed by atoms with Gasteiger partial charge in [-0.1, -0.05) is 11.6 Å². The fraction of sp³-hybridized carbons (Fsp3) is 0.273. The van der Waals surface area contributed by atoms with E-state index in [9.17, 15) is 29.8 Å². The van der Waals surface area contributed by atoms with E-state index in [1.807, 2.05) is 0 Å². The van der Waals surface area contributed by atoms with Gasteiger partial charge in [0.15, 0.2) is 0 Å². The first-order valence-corrected chi connectivity index (χ1v) is 6.13. The lowest BCUT2D eigenvalue weighted by Crippen LogP contribution is -2.27. The lowest BCUT2D eigenvalue weighted by atomic mass is 10.1. The van der Waals surface area contributed by atoms with Gasteiger partial charge in [-0.25, -0.2) is 0 Å². The fourth-order valence-corrected chi connectivity index (χ4v) is 1.73. The molecule has 0 spiro atoms. The van der Waals surface area contributed by atoms with Crippen LogP contribution in [0, 0.1) is 20.2 Å². The predicted molar refractivity (Wildman–Crippen MR) is 73.7 cm³/mol. The molecule has 0 aliphatic heterocycles. The third-order valence-electron chi connectivity index (χ3n) is 2.55. The van der Waals surface area contributed by atoms with E-state index in [1.165, 1.54) is 7.11 Å². The third kappa shape index (κ3) is 4.12. The number of nitrogens with one attached hydrogen (secondary N) is 1. The maximum atomic E-state index is 11.9. The minimum absolute atomic E-state index is 0.114. The Bertz CT molecular complexity index is 647. The van der Waals surface area contributed by atoms with Crippen molar-refractivity contribution >= 4 is 34.9 Å². The van der Waals surface area contributed by atoms with Crippen molar-refractivity contribution < 1.29 is 24.2 Å². The molecular weight excluding hydrogens is 322 g/mol. The summed E-state index contributed by atoms with van der Waals surface area (Å²) in [6, 6.07) is 1.45. The number of carbonyl (C=O) groups excluding carboxylic acids is 2. The van der Waals surface area contributed by atoms with Gasteiger partial charge in [0.05, 0.1) is 29.4 Å². The number of nitro groups is 2. The molecule has 0 bridgehead atoms. The molecule has 1 amide bonds. The summed E-state index contributed by atoms with van der Waals surface area (Å²) in [5, 5.41) is 23.5. The number of amides is 1. The fourth-order valence-electron chi connectivity index (χ4n) is 1.50. The summed E-state index contributed by atoms with van der Waals surface area (Å²) in [5.74, 6) is -1.45. The minimum Gasteiger partial charge on any atom is -0.469 e. The highest BCUT2D eigenvalue weighted by molar-refractivity contribution is 6.33. The summed E-state index contributed by atoms with van der Waals surface area (Å²) >= 11 is 5.63. The van der Waals surface area contributed by atoms with Crippen molar-refractivity contribution in [3.8, 4) is 0 Å². The Morgan fingerprint density at radius 3 is 2.32 bits per heavy atom. The molecule has 0 unspecified atom stereocenters. The number of hydrogen-bond donors (Lipinski definition) is 1. The van der Waals surface area contributed by atoms with Gasteiger partial charge in [-0.3, -0.25) is 29.8 Å². The summed E-state index contributed by atoms with van der Waals surface area (Å²) in [6.45, 7) is -0.114. The standard InChI is InChI=1S/C11H10ClN3O7/c1-22-10(16)2-3-13-11(17)6-4-7(12)9(15(20)21)5-8(6)14(18)19/h4-5H,2-3H2,1H3,(H,13,17). The van der Waals surface area contributed by atoms with Crippen LogP contribution >= 0.6 is 11.6 Å². The largest absolute Gasteiger partial charge is 0.469 e. The van der Waals surface area contributed by atoms with Crippen molar-refractivity contribution in [2.75, 3.05) is 13.7 Å². The van der Waals surface area contributed by atoms with Crippen LogP contribution in [0.5, 0.6) is 0 Å². The molecule has 0 aliphatic rings. The second-order valence-electron chi connectivity index (χ2n) is 3.92. The molecule has 1 rings (SSSR count). The summed E-state index contributed by atoms with van der Waals surface area (Å²) in [5.41, 5.74) is -1.88. The van der Waals surface area contributed by atoms with Crippen LogP contribution < -0.4 is 5.32 Å². The van der Waals surface area contributed by atoms with Crippen LogP contribution in [0.4, 0.5) is 11.4 Å². The molecule has 0 fully saturated rings. The highest BCUT2D eigenvalue weighted by Gasteiger charge is 2.27. The Morgan fingerprint density at radius 2 is 1.82 bits per heavy atom. The van der Waals surface area contributed by atoms with E-state index in [0.29, 0.717) is 6.07 Å². The van der Waals surface area contributed by atoms with Crippen LogP contribution in [0.1, 0.15) is 16.8 Å². The Labute approximate surface area is 128 Å². The molecular formula is C11H10ClN3O7. The molecule has 0 atom stereocenters. The van der Waals surface area contributed by atoms with Crippen LogP contribution in [0.25, 0.3) is 0 Å². The topological polar surface area (TPSA) is 142 Å². The highest BCUT2D eigenvalue weighted by atomic mass is 35.5. The summed E-state index contributed by atoms with van der Waals surface area (Å²) in [6.07, 6.45) is -0.128. The van der Waals surface area contributed by atoms with E-state index in [0.717, 1.165) is 6.07 Å². The molecule has 0 saturated heterocycles. The number of nitro benzene ring substituents is 2. The Kier molecular flexibility index (Phi) is 5.75. The molecule has 10 nitrogen and oxygen atoms in total. The first-order valence-electron chi connectivity index (χ1n) is 5.75. The first-order chi connectivity index (χ1) is 10.3. The quantitative estimate of drug-likeness (QED) is 0.472. The first kappa shape index (κ1) is 17.3. The zero-order valence-corrected chi connectivity index (χ0v) is 12.0. The number of esters is 1. The van der Waals surface area contributed by atoms with Gasteiger partial charge in [0.25, 0.3) is 17.3 Å². The lowest BCUT2D eigenvalue weighted by Gasteiger charge is -2.06. The lowest BCUT2D eigenvalue weighted by molar-refractivity contribution is -0.394. The number of benzene rings is 1. The van der Waals surface area contributed by atoms with Crippen molar-refractivity contribution in [3.05, 3.63) is 42.9 Å². The van der Waals surface area contributed by atoms with Gasteiger partial charge < -0.3 is 10.1 Å². The molecule has 11 heteroatoms. The Morgan fingerprint density at radius 1 is 1.23 bits per heavy atom. The van der Waals surface area contributed by atoms with Gasteiger partial charge in [-0.2, -0.15) is 0 Å². The van der Waals surface area contributed by atoms with Gasteiger partial charge in [0.2, 0.25) is 0 Å². The number of carbonyl (C=O) groups is 2. The molecule has 118 valence electrons. The van der Waals surface area contributed by atoms with Crippen LogP contribution in [0.3, 0.4) is 0 Å². The summed E-state index contributed by atoms with van der Waals surface area (Å²) < 4.78 is 4.37. The molecule has 0 heterocycles. The molecule has 0 aliphatic carbocycles. The summed E-state index contributed by atoms with van der Waals surface area (Å²) in [4.78, 5) is 42.6. The van der Waals surface area contributed by atoms with Gasteiger partial charge in [-0.15, -0.1) is 0 Å². The molecule has 1 aromatic rings. The maximum Gasteiger partial charge on any atom is 0.307 e. The van der Waals surface area contributed by atoms with E-state index in [2.05, 4.69) is 10.1 Å². The van der Waals surface area contributed by atoms with E-state index in [1.54, 1.807) is 0 Å². The normalized spacial score (nSPS) is 9.91. The second-order valence-corrected chi connectivity index (χ2v) is 4.32. The number of halogens is 1. The molecule has 0 saturated carbocycles. The van der Waals surface area contributed by atoms with Crippen LogP contribution in [0.2, 0.25) is 5.02 Å². The van der Waals surface area contributed by atoms with Crippen molar-refractivity contribution in [2.24, 2.45) is 0 Å². The van der Waals surface area contributed by atoms with Crippen LogP contribution in [-0.4, -0.2) is 35.4 Å². The van der Waals surface area contributed by atoms with Gasteiger partial charge in [-0.05, 0) is 6.07 Å². The Balaban J connectivity index is 3.05. The predicted octanol–water partition coefficient (Wildman–Crippen LogP) is 1.45. The van der Waals surface area contributed by atoms with Crippen LogP contribution in [-0.2, 0) is 9.53 Å². The van der Waals surface area contributed by atoms with E-state index in [4.69, 9.17) is 11.6 Å². The maximum absolute atomic E-state index is 11.9. The molecule has 1 aromatic carbocycles. The third-order valence-corrected chi connectivity index (χ3v) is 2.85. The smallest absolute Gasteiger partial charge is 0.307 e. The van der Waals surface area contributed by atoms with E-state index in [-0.39, 0.29) is 13.0 Å². The summed E-state index contributed by atoms with van der Waals surface area (Å²) in [7, 11) is 1.17. The molecule has 0 radical (unpaired) electrons. The van der Waals surface area contributed by atoms with Crippen molar-refractivity contribution in [1.29, 1.82) is 0 Å². The van der Waals surface area contributed by atoms with E-state index >= 15 is 0 Å². The SMILES string of the molecule is COC(=O)CCNC(=O)c1cc(Cl)c([N+](=O)[O-])cc1[N+](=O)[O-].